The van der Waals surface area contributed by atoms with Gasteiger partial charge in [0.25, 0.3) is 0 Å². The van der Waals surface area contributed by atoms with Crippen molar-refractivity contribution in [3.8, 4) is 0 Å². The Kier molecular flexibility index (Phi) is 2.76. The Morgan fingerprint density at radius 1 is 1.44 bits per heavy atom. The summed E-state index contributed by atoms with van der Waals surface area (Å²) in [7, 11) is 0. The topological polar surface area (TPSA) is 84.2 Å². The van der Waals surface area contributed by atoms with Crippen LogP contribution in [0.25, 0.3) is 0 Å². The third kappa shape index (κ3) is 2.13. The average Bonchev–Trinajstić information content (AvgIpc) is 2.39. The molecule has 1 atom stereocenters. The summed E-state index contributed by atoms with van der Waals surface area (Å²) in [4.78, 5) is 22.5. The van der Waals surface area contributed by atoms with E-state index in [0.717, 1.165) is 17.7 Å². The van der Waals surface area contributed by atoms with Crippen molar-refractivity contribution in [2.24, 2.45) is 5.73 Å². The second kappa shape index (κ2) is 4.22. The van der Waals surface area contributed by atoms with Crippen LogP contribution in [0.15, 0.2) is 24.3 Å². The fourth-order valence-electron chi connectivity index (χ4n) is 1.82. The van der Waals surface area contributed by atoms with Crippen molar-refractivity contribution < 1.29 is 9.59 Å². The second-order valence-corrected chi connectivity index (χ2v) is 3.75. The van der Waals surface area contributed by atoms with E-state index in [0.29, 0.717) is 6.42 Å². The van der Waals surface area contributed by atoms with E-state index in [9.17, 15) is 9.59 Å². The third-order valence-electron chi connectivity index (χ3n) is 2.61. The fraction of sp³-hybridized carbons (Fsp3) is 0.273. The molecule has 0 aromatic heterocycles. The van der Waals surface area contributed by atoms with Gasteiger partial charge in [0.1, 0.15) is 6.04 Å². The molecule has 1 heterocycles. The van der Waals surface area contributed by atoms with E-state index in [4.69, 9.17) is 5.73 Å². The third-order valence-corrected chi connectivity index (χ3v) is 2.61. The number of benzene rings is 1. The second-order valence-electron chi connectivity index (χ2n) is 3.75. The maximum absolute atomic E-state index is 11.7. The molecule has 5 heteroatoms. The van der Waals surface area contributed by atoms with E-state index in [1.54, 1.807) is 0 Å². The zero-order valence-corrected chi connectivity index (χ0v) is 8.69. The highest BCUT2D eigenvalue weighted by Gasteiger charge is 2.23. The van der Waals surface area contributed by atoms with E-state index in [1.807, 2.05) is 24.3 Å². The Morgan fingerprint density at radius 3 is 2.94 bits per heavy atom. The zero-order chi connectivity index (χ0) is 11.5. The number of rotatable bonds is 1. The lowest BCUT2D eigenvalue weighted by Gasteiger charge is -2.12. The van der Waals surface area contributed by atoms with Crippen LogP contribution in [0, 0.1) is 0 Å². The van der Waals surface area contributed by atoms with Crippen LogP contribution in [0.2, 0.25) is 0 Å². The van der Waals surface area contributed by atoms with Crippen LogP contribution in [-0.4, -0.2) is 18.0 Å². The quantitative estimate of drug-likeness (QED) is 0.646. The van der Waals surface area contributed by atoms with Crippen LogP contribution in [0.3, 0.4) is 0 Å². The molecule has 5 nitrogen and oxygen atoms in total. The molecule has 0 saturated heterocycles. The predicted octanol–water partition coefficient (Wildman–Crippen LogP) is 0.608. The van der Waals surface area contributed by atoms with Crippen LogP contribution in [0.4, 0.5) is 10.5 Å². The van der Waals surface area contributed by atoms with Crippen molar-refractivity contribution in [2.75, 3.05) is 5.32 Å². The number of hydrogen-bond donors (Lipinski definition) is 3. The van der Waals surface area contributed by atoms with Crippen molar-refractivity contribution in [1.82, 2.24) is 5.32 Å². The van der Waals surface area contributed by atoms with Gasteiger partial charge in [-0.15, -0.1) is 0 Å². The monoisotopic (exact) mass is 219 g/mol. The SMILES string of the molecule is NC(=O)NC1CCc2ccccc2NC1=O. The van der Waals surface area contributed by atoms with Crippen LogP contribution >= 0.6 is 0 Å². The van der Waals surface area contributed by atoms with E-state index in [1.165, 1.54) is 0 Å². The first-order chi connectivity index (χ1) is 7.66. The van der Waals surface area contributed by atoms with E-state index in [-0.39, 0.29) is 5.91 Å². The molecule has 0 fully saturated rings. The lowest BCUT2D eigenvalue weighted by atomic mass is 10.1. The number of carbonyl (C=O) groups is 2. The molecule has 3 amide bonds. The Labute approximate surface area is 93.0 Å². The number of para-hydroxylation sites is 1. The maximum Gasteiger partial charge on any atom is 0.312 e. The van der Waals surface area contributed by atoms with E-state index >= 15 is 0 Å². The molecular weight excluding hydrogens is 206 g/mol. The molecule has 0 bridgehead atoms. The Hall–Kier alpha value is -2.04. The number of anilines is 1. The first-order valence-electron chi connectivity index (χ1n) is 5.11. The molecule has 0 radical (unpaired) electrons. The lowest BCUT2D eigenvalue weighted by Crippen LogP contribution is -2.45. The highest BCUT2D eigenvalue weighted by molar-refractivity contribution is 5.98. The van der Waals surface area contributed by atoms with Gasteiger partial charge in [0.15, 0.2) is 0 Å². The molecule has 2 rings (SSSR count). The standard InChI is InChI=1S/C11H13N3O2/c12-11(16)14-9-6-5-7-3-1-2-4-8(7)13-10(9)15/h1-4,9H,5-6H2,(H,13,15)(H3,12,14,16). The summed E-state index contributed by atoms with van der Waals surface area (Å²) in [5.41, 5.74) is 6.89. The van der Waals surface area contributed by atoms with Gasteiger partial charge in [0.05, 0.1) is 0 Å². The lowest BCUT2D eigenvalue weighted by molar-refractivity contribution is -0.117. The molecule has 4 N–H and O–H groups in total. The largest absolute Gasteiger partial charge is 0.352 e. The first kappa shape index (κ1) is 10.5. The predicted molar refractivity (Wildman–Crippen MR) is 59.9 cm³/mol. The number of nitrogens with one attached hydrogen (secondary N) is 2. The van der Waals surface area contributed by atoms with Gasteiger partial charge in [0, 0.05) is 5.69 Å². The van der Waals surface area contributed by atoms with Crippen LogP contribution < -0.4 is 16.4 Å². The molecule has 0 saturated carbocycles. The summed E-state index contributed by atoms with van der Waals surface area (Å²) >= 11 is 0. The number of hydrogen-bond acceptors (Lipinski definition) is 2. The van der Waals surface area contributed by atoms with Gasteiger partial charge in [-0.3, -0.25) is 4.79 Å². The highest BCUT2D eigenvalue weighted by atomic mass is 16.2. The van der Waals surface area contributed by atoms with Crippen molar-refractivity contribution in [3.05, 3.63) is 29.8 Å². The molecule has 0 aliphatic carbocycles. The molecule has 16 heavy (non-hydrogen) atoms. The summed E-state index contributed by atoms with van der Waals surface area (Å²) < 4.78 is 0. The number of aryl methyl sites for hydroxylation is 1. The number of nitrogens with two attached hydrogens (primary N) is 1. The van der Waals surface area contributed by atoms with Crippen molar-refractivity contribution in [1.29, 1.82) is 0 Å². The smallest absolute Gasteiger partial charge is 0.312 e. The number of fused-ring (bicyclic) bond motifs is 1. The first-order valence-corrected chi connectivity index (χ1v) is 5.11. The minimum absolute atomic E-state index is 0.219. The van der Waals surface area contributed by atoms with E-state index < -0.39 is 12.1 Å². The Bertz CT molecular complexity index is 431. The summed E-state index contributed by atoms with van der Waals surface area (Å²) in [5.74, 6) is -0.219. The van der Waals surface area contributed by atoms with Gasteiger partial charge in [-0.05, 0) is 24.5 Å². The van der Waals surface area contributed by atoms with Crippen molar-refractivity contribution in [3.63, 3.8) is 0 Å². The number of urea groups is 1. The molecule has 1 aliphatic heterocycles. The molecule has 1 aliphatic rings. The number of amides is 3. The Balaban J connectivity index is 2.18. The molecule has 1 unspecified atom stereocenters. The molecule has 1 aromatic rings. The summed E-state index contributed by atoms with van der Waals surface area (Å²) in [5, 5.41) is 5.20. The van der Waals surface area contributed by atoms with Gasteiger partial charge in [-0.25, -0.2) is 4.79 Å². The molecule has 1 aromatic carbocycles. The van der Waals surface area contributed by atoms with Crippen molar-refractivity contribution in [2.45, 2.75) is 18.9 Å². The van der Waals surface area contributed by atoms with Gasteiger partial charge in [-0.1, -0.05) is 18.2 Å². The van der Waals surface area contributed by atoms with Crippen molar-refractivity contribution >= 4 is 17.6 Å². The van der Waals surface area contributed by atoms with Crippen LogP contribution in [-0.2, 0) is 11.2 Å². The summed E-state index contributed by atoms with van der Waals surface area (Å²) in [6.45, 7) is 0. The van der Waals surface area contributed by atoms with Crippen LogP contribution in [0.1, 0.15) is 12.0 Å². The van der Waals surface area contributed by atoms with Gasteiger partial charge < -0.3 is 16.4 Å². The summed E-state index contributed by atoms with van der Waals surface area (Å²) in [6, 6.07) is 6.37. The molecule has 0 spiro atoms. The minimum atomic E-state index is -0.675. The fourth-order valence-corrected chi connectivity index (χ4v) is 1.82. The normalized spacial score (nSPS) is 19.2. The van der Waals surface area contributed by atoms with Crippen LogP contribution in [0.5, 0.6) is 0 Å². The molecule has 84 valence electrons. The minimum Gasteiger partial charge on any atom is -0.352 e. The summed E-state index contributed by atoms with van der Waals surface area (Å²) in [6.07, 6.45) is 1.30. The van der Waals surface area contributed by atoms with Gasteiger partial charge in [-0.2, -0.15) is 0 Å². The average molecular weight is 219 g/mol. The molecular formula is C11H13N3O2. The number of primary amides is 1. The maximum atomic E-state index is 11.7. The highest BCUT2D eigenvalue weighted by Crippen LogP contribution is 2.21. The van der Waals surface area contributed by atoms with Gasteiger partial charge >= 0.3 is 6.03 Å². The van der Waals surface area contributed by atoms with E-state index in [2.05, 4.69) is 10.6 Å². The van der Waals surface area contributed by atoms with Gasteiger partial charge in [0.2, 0.25) is 5.91 Å². The Morgan fingerprint density at radius 2 is 2.19 bits per heavy atom. The zero-order valence-electron chi connectivity index (χ0n) is 8.69. The number of carbonyl (C=O) groups excluding carboxylic acids is 2.